The van der Waals surface area contributed by atoms with E-state index in [1.54, 1.807) is 18.3 Å². The maximum atomic E-state index is 11.1. The molecule has 0 aliphatic heterocycles. The van der Waals surface area contributed by atoms with E-state index < -0.39 is 5.91 Å². The second kappa shape index (κ2) is 5.64. The molecule has 0 aliphatic rings. The summed E-state index contributed by atoms with van der Waals surface area (Å²) in [5.74, 6) is -0.415. The van der Waals surface area contributed by atoms with E-state index in [0.29, 0.717) is 12.1 Å². The van der Waals surface area contributed by atoms with E-state index >= 15 is 0 Å². The molecule has 1 aromatic heterocycles. The quantitative estimate of drug-likeness (QED) is 0.853. The zero-order valence-electron chi connectivity index (χ0n) is 9.56. The van der Waals surface area contributed by atoms with Gasteiger partial charge in [-0.15, -0.1) is 0 Å². The Labute approximate surface area is 113 Å². The van der Waals surface area contributed by atoms with Gasteiger partial charge in [-0.3, -0.25) is 4.79 Å². The average Bonchev–Trinajstić information content (AvgIpc) is 2.38. The van der Waals surface area contributed by atoms with Crippen molar-refractivity contribution < 1.29 is 4.79 Å². The van der Waals surface area contributed by atoms with Crippen LogP contribution in [0.15, 0.2) is 47.2 Å². The van der Waals surface area contributed by atoms with E-state index in [9.17, 15) is 4.79 Å². The topological polar surface area (TPSA) is 68.0 Å². The molecule has 1 heterocycles. The van der Waals surface area contributed by atoms with Crippen LogP contribution in [0.5, 0.6) is 0 Å². The van der Waals surface area contributed by atoms with E-state index in [1.807, 2.05) is 24.3 Å². The van der Waals surface area contributed by atoms with Gasteiger partial charge < -0.3 is 11.1 Å². The van der Waals surface area contributed by atoms with Gasteiger partial charge in [-0.25, -0.2) is 4.98 Å². The molecule has 3 N–H and O–H groups in total. The summed E-state index contributed by atoms with van der Waals surface area (Å²) in [6, 6.07) is 11.0. The van der Waals surface area contributed by atoms with Crippen molar-refractivity contribution in [3.05, 3.63) is 58.3 Å². The standard InChI is InChI=1S/C13H12BrN3O/c14-12-5-4-11(8-17-12)16-7-9-2-1-3-10(6-9)13(15)18/h1-6,8,16H,7H2,(H2,15,18). The van der Waals surface area contributed by atoms with Crippen LogP contribution in [0.1, 0.15) is 15.9 Å². The molecular formula is C13H12BrN3O. The molecule has 1 aromatic carbocycles. The molecule has 0 fully saturated rings. The van der Waals surface area contributed by atoms with E-state index in [-0.39, 0.29) is 0 Å². The van der Waals surface area contributed by atoms with Crippen molar-refractivity contribution in [2.24, 2.45) is 5.73 Å². The van der Waals surface area contributed by atoms with E-state index in [0.717, 1.165) is 15.9 Å². The molecule has 0 bridgehead atoms. The smallest absolute Gasteiger partial charge is 0.248 e. The zero-order chi connectivity index (χ0) is 13.0. The fraction of sp³-hybridized carbons (Fsp3) is 0.0769. The maximum Gasteiger partial charge on any atom is 0.248 e. The predicted octanol–water partition coefficient (Wildman–Crippen LogP) is 2.56. The Kier molecular flexibility index (Phi) is 3.94. The van der Waals surface area contributed by atoms with Gasteiger partial charge >= 0.3 is 0 Å². The van der Waals surface area contributed by atoms with Gasteiger partial charge in [0, 0.05) is 12.1 Å². The van der Waals surface area contributed by atoms with Crippen LogP contribution < -0.4 is 11.1 Å². The first-order valence-corrected chi connectivity index (χ1v) is 6.18. The SMILES string of the molecule is NC(=O)c1cccc(CNc2ccc(Br)nc2)c1. The number of halogens is 1. The first-order chi connectivity index (χ1) is 8.65. The number of carbonyl (C=O) groups excluding carboxylic acids is 1. The van der Waals surface area contributed by atoms with E-state index in [1.165, 1.54) is 0 Å². The minimum atomic E-state index is -0.415. The summed E-state index contributed by atoms with van der Waals surface area (Å²) in [6.45, 7) is 0.616. The van der Waals surface area contributed by atoms with Crippen molar-refractivity contribution in [2.75, 3.05) is 5.32 Å². The van der Waals surface area contributed by atoms with Crippen LogP contribution in [0.2, 0.25) is 0 Å². The monoisotopic (exact) mass is 305 g/mol. The zero-order valence-corrected chi connectivity index (χ0v) is 11.1. The Hall–Kier alpha value is -1.88. The summed E-state index contributed by atoms with van der Waals surface area (Å²) >= 11 is 3.28. The second-order valence-electron chi connectivity index (χ2n) is 3.79. The van der Waals surface area contributed by atoms with Gasteiger partial charge in [0.1, 0.15) is 4.60 Å². The highest BCUT2D eigenvalue weighted by molar-refractivity contribution is 9.10. The molecule has 18 heavy (non-hydrogen) atoms. The first kappa shape index (κ1) is 12.6. The Morgan fingerprint density at radius 2 is 2.17 bits per heavy atom. The highest BCUT2D eigenvalue weighted by atomic mass is 79.9. The minimum absolute atomic E-state index is 0.415. The van der Waals surface area contributed by atoms with Gasteiger partial charge in [0.05, 0.1) is 11.9 Å². The average molecular weight is 306 g/mol. The fourth-order valence-corrected chi connectivity index (χ4v) is 1.75. The number of nitrogens with two attached hydrogens (primary N) is 1. The highest BCUT2D eigenvalue weighted by Crippen LogP contribution is 2.12. The van der Waals surface area contributed by atoms with Crippen LogP contribution in [0.25, 0.3) is 0 Å². The molecule has 1 amide bonds. The number of hydrogen-bond donors (Lipinski definition) is 2. The van der Waals surface area contributed by atoms with Crippen molar-refractivity contribution in [3.8, 4) is 0 Å². The number of rotatable bonds is 4. The number of aromatic nitrogens is 1. The summed E-state index contributed by atoms with van der Waals surface area (Å²) in [4.78, 5) is 15.2. The summed E-state index contributed by atoms with van der Waals surface area (Å²) in [7, 11) is 0. The van der Waals surface area contributed by atoms with Crippen molar-refractivity contribution >= 4 is 27.5 Å². The lowest BCUT2D eigenvalue weighted by molar-refractivity contribution is 0.1000. The highest BCUT2D eigenvalue weighted by Gasteiger charge is 2.01. The molecule has 4 nitrogen and oxygen atoms in total. The molecule has 92 valence electrons. The Morgan fingerprint density at radius 3 is 2.83 bits per heavy atom. The van der Waals surface area contributed by atoms with Crippen LogP contribution >= 0.6 is 15.9 Å². The molecule has 0 saturated heterocycles. The van der Waals surface area contributed by atoms with E-state index in [4.69, 9.17) is 5.73 Å². The van der Waals surface area contributed by atoms with Crippen LogP contribution in [-0.4, -0.2) is 10.9 Å². The van der Waals surface area contributed by atoms with Gasteiger partial charge in [0.25, 0.3) is 0 Å². The van der Waals surface area contributed by atoms with Gasteiger partial charge in [-0.2, -0.15) is 0 Å². The Morgan fingerprint density at radius 1 is 1.33 bits per heavy atom. The number of pyridine rings is 1. The first-order valence-electron chi connectivity index (χ1n) is 5.39. The normalized spacial score (nSPS) is 10.1. The van der Waals surface area contributed by atoms with Gasteiger partial charge in [-0.05, 0) is 45.8 Å². The molecule has 2 rings (SSSR count). The lowest BCUT2D eigenvalue weighted by atomic mass is 10.1. The third-order valence-electron chi connectivity index (χ3n) is 2.44. The fourth-order valence-electron chi connectivity index (χ4n) is 1.52. The van der Waals surface area contributed by atoms with Crippen molar-refractivity contribution in [1.82, 2.24) is 4.98 Å². The van der Waals surface area contributed by atoms with Crippen LogP contribution in [-0.2, 0) is 6.54 Å². The van der Waals surface area contributed by atoms with Crippen LogP contribution in [0.4, 0.5) is 5.69 Å². The number of anilines is 1. The number of nitrogens with one attached hydrogen (secondary N) is 1. The lowest BCUT2D eigenvalue weighted by Gasteiger charge is -2.07. The van der Waals surface area contributed by atoms with Gasteiger partial charge in [0.2, 0.25) is 5.91 Å². The van der Waals surface area contributed by atoms with Gasteiger partial charge in [0.15, 0.2) is 0 Å². The summed E-state index contributed by atoms with van der Waals surface area (Å²) in [6.07, 6.45) is 1.74. The number of primary amides is 1. The minimum Gasteiger partial charge on any atom is -0.380 e. The van der Waals surface area contributed by atoms with Crippen molar-refractivity contribution in [3.63, 3.8) is 0 Å². The molecule has 0 saturated carbocycles. The maximum absolute atomic E-state index is 11.1. The van der Waals surface area contributed by atoms with Gasteiger partial charge in [-0.1, -0.05) is 12.1 Å². The third-order valence-corrected chi connectivity index (χ3v) is 2.90. The predicted molar refractivity (Wildman–Crippen MR) is 74.2 cm³/mol. The summed E-state index contributed by atoms with van der Waals surface area (Å²) < 4.78 is 0.795. The molecular weight excluding hydrogens is 294 g/mol. The lowest BCUT2D eigenvalue weighted by Crippen LogP contribution is -2.11. The van der Waals surface area contributed by atoms with E-state index in [2.05, 4.69) is 26.2 Å². The largest absolute Gasteiger partial charge is 0.380 e. The third kappa shape index (κ3) is 3.30. The number of benzene rings is 1. The molecule has 0 unspecified atom stereocenters. The molecule has 0 atom stereocenters. The molecule has 2 aromatic rings. The Bertz CT molecular complexity index is 554. The number of nitrogens with zero attached hydrogens (tertiary/aromatic N) is 1. The molecule has 0 aliphatic carbocycles. The van der Waals surface area contributed by atoms with Crippen molar-refractivity contribution in [2.45, 2.75) is 6.54 Å². The number of carbonyl (C=O) groups is 1. The molecule has 5 heteroatoms. The molecule has 0 radical (unpaired) electrons. The second-order valence-corrected chi connectivity index (χ2v) is 4.60. The number of amides is 1. The van der Waals surface area contributed by atoms with Crippen LogP contribution in [0, 0.1) is 0 Å². The summed E-state index contributed by atoms with van der Waals surface area (Å²) in [5.41, 5.74) is 7.66. The van der Waals surface area contributed by atoms with Crippen LogP contribution in [0.3, 0.4) is 0 Å². The van der Waals surface area contributed by atoms with Crippen molar-refractivity contribution in [1.29, 1.82) is 0 Å². The number of hydrogen-bond acceptors (Lipinski definition) is 3. The Balaban J connectivity index is 2.04. The molecule has 0 spiro atoms. The summed E-state index contributed by atoms with van der Waals surface area (Å²) in [5, 5.41) is 3.22.